The van der Waals surface area contributed by atoms with E-state index in [4.69, 9.17) is 9.98 Å². The summed E-state index contributed by atoms with van der Waals surface area (Å²) in [5.41, 5.74) is 3.11. The molecule has 2 aliphatic rings. The largest absolute Gasteiger partial charge is 0.478 e. The average Bonchev–Trinajstić information content (AvgIpc) is 2.92. The molecule has 1 N–H and O–H groups in total. The smallest absolute Gasteiger partial charge is 0.336 e. The van der Waals surface area contributed by atoms with Crippen molar-refractivity contribution in [3.63, 3.8) is 0 Å². The van der Waals surface area contributed by atoms with Crippen LogP contribution in [0.5, 0.6) is 0 Å². The van der Waals surface area contributed by atoms with E-state index in [0.717, 1.165) is 54.2 Å². The summed E-state index contributed by atoms with van der Waals surface area (Å²) >= 11 is 0. The Labute approximate surface area is 177 Å². The summed E-state index contributed by atoms with van der Waals surface area (Å²) < 4.78 is 0. The highest BCUT2D eigenvalue weighted by atomic mass is 16.4. The molecule has 0 saturated heterocycles. The minimum absolute atomic E-state index is 0.137. The van der Waals surface area contributed by atoms with Crippen LogP contribution in [0.15, 0.2) is 70.8 Å². The van der Waals surface area contributed by atoms with E-state index in [9.17, 15) is 9.90 Å². The van der Waals surface area contributed by atoms with Gasteiger partial charge >= 0.3 is 5.97 Å². The summed E-state index contributed by atoms with van der Waals surface area (Å²) in [4.78, 5) is 23.5. The number of amidine groups is 2. The first-order valence-corrected chi connectivity index (χ1v) is 10.6. The Morgan fingerprint density at radius 1 is 1.17 bits per heavy atom. The molecule has 0 aliphatic carbocycles. The van der Waals surface area contributed by atoms with Crippen LogP contribution in [0.25, 0.3) is 11.1 Å². The summed E-state index contributed by atoms with van der Waals surface area (Å²) in [5.74, 6) is 1.71. The van der Waals surface area contributed by atoms with Crippen LogP contribution in [-0.2, 0) is 6.54 Å². The third-order valence-electron chi connectivity index (χ3n) is 5.64. The minimum Gasteiger partial charge on any atom is -0.478 e. The van der Waals surface area contributed by atoms with Gasteiger partial charge in [-0.2, -0.15) is 0 Å². The highest BCUT2D eigenvalue weighted by Gasteiger charge is 2.33. The predicted octanol–water partition coefficient (Wildman–Crippen LogP) is 5.39. The fourth-order valence-corrected chi connectivity index (χ4v) is 4.12. The zero-order chi connectivity index (χ0) is 21.1. The number of carbonyl (C=O) groups is 1. The van der Waals surface area contributed by atoms with Crippen LogP contribution < -0.4 is 0 Å². The molecule has 0 radical (unpaired) electrons. The standard InChI is InChI=1S/C25H27N3O2/c1-3-6-23-27-22-15-17(2)13-14-26-24(22)28(23)16-18-9-11-19(12-10-18)20-7-4-5-8-21(20)25(29)30/h4-5,7-14,17,22H,3,6,15-16H2,1-2H3,(H,29,30). The number of carboxylic acids is 1. The summed E-state index contributed by atoms with van der Waals surface area (Å²) in [6, 6.07) is 15.4. The molecule has 2 atom stereocenters. The predicted molar refractivity (Wildman–Crippen MR) is 121 cm³/mol. The molecular formula is C25H27N3O2. The Balaban J connectivity index is 1.58. The first-order valence-electron chi connectivity index (χ1n) is 10.6. The molecule has 30 heavy (non-hydrogen) atoms. The van der Waals surface area contributed by atoms with Gasteiger partial charge in [-0.3, -0.25) is 4.99 Å². The highest BCUT2D eigenvalue weighted by Crippen LogP contribution is 2.28. The van der Waals surface area contributed by atoms with Gasteiger partial charge in [0, 0.05) is 12.6 Å². The number of fused-ring (bicyclic) bond motifs is 1. The zero-order valence-electron chi connectivity index (χ0n) is 17.5. The Hall–Kier alpha value is -3.21. The molecule has 0 spiro atoms. The lowest BCUT2D eigenvalue weighted by molar-refractivity contribution is 0.0697. The fourth-order valence-electron chi connectivity index (χ4n) is 4.12. The van der Waals surface area contributed by atoms with Gasteiger partial charge in [-0.15, -0.1) is 0 Å². The topological polar surface area (TPSA) is 65.3 Å². The second kappa shape index (κ2) is 8.66. The molecule has 5 heteroatoms. The van der Waals surface area contributed by atoms with E-state index in [2.05, 4.69) is 37.0 Å². The molecule has 0 fully saturated rings. The fraction of sp³-hybridized carbons (Fsp3) is 0.320. The van der Waals surface area contributed by atoms with Crippen LogP contribution in [0.1, 0.15) is 49.0 Å². The molecule has 154 valence electrons. The number of benzene rings is 2. The molecular weight excluding hydrogens is 374 g/mol. The molecule has 2 aromatic rings. The third-order valence-corrected chi connectivity index (χ3v) is 5.64. The lowest BCUT2D eigenvalue weighted by Crippen LogP contribution is -2.35. The van der Waals surface area contributed by atoms with Crippen molar-refractivity contribution in [2.24, 2.45) is 15.9 Å². The highest BCUT2D eigenvalue weighted by molar-refractivity contribution is 6.08. The monoisotopic (exact) mass is 401 g/mol. The van der Waals surface area contributed by atoms with Crippen molar-refractivity contribution in [2.75, 3.05) is 0 Å². The zero-order valence-corrected chi connectivity index (χ0v) is 17.5. The lowest BCUT2D eigenvalue weighted by atomic mass is 9.98. The molecule has 0 aromatic heterocycles. The van der Waals surface area contributed by atoms with Crippen molar-refractivity contribution in [3.8, 4) is 11.1 Å². The lowest BCUT2D eigenvalue weighted by Gasteiger charge is -2.22. The number of carboxylic acid groups (broad SMARTS) is 1. The van der Waals surface area contributed by atoms with E-state index in [-0.39, 0.29) is 6.04 Å². The molecule has 2 aliphatic heterocycles. The van der Waals surface area contributed by atoms with Gasteiger partial charge in [0.1, 0.15) is 17.7 Å². The Morgan fingerprint density at radius 2 is 1.93 bits per heavy atom. The van der Waals surface area contributed by atoms with Gasteiger partial charge in [0.2, 0.25) is 0 Å². The normalized spacial score (nSPS) is 20.4. The molecule has 0 saturated carbocycles. The summed E-state index contributed by atoms with van der Waals surface area (Å²) in [7, 11) is 0. The van der Waals surface area contributed by atoms with Gasteiger partial charge in [0.25, 0.3) is 0 Å². The van der Waals surface area contributed by atoms with Gasteiger partial charge in [0.05, 0.1) is 12.1 Å². The van der Waals surface area contributed by atoms with Gasteiger partial charge in [-0.1, -0.05) is 62.4 Å². The van der Waals surface area contributed by atoms with Crippen LogP contribution in [0.2, 0.25) is 0 Å². The number of nitrogens with zero attached hydrogens (tertiary/aromatic N) is 3. The van der Waals surface area contributed by atoms with Crippen LogP contribution >= 0.6 is 0 Å². The molecule has 0 amide bonds. The van der Waals surface area contributed by atoms with E-state index in [1.165, 1.54) is 0 Å². The summed E-state index contributed by atoms with van der Waals surface area (Å²) in [6.07, 6.45) is 7.05. The Kier molecular flexibility index (Phi) is 5.79. The van der Waals surface area contributed by atoms with Crippen LogP contribution in [0.3, 0.4) is 0 Å². The molecule has 0 bridgehead atoms. The molecule has 5 nitrogen and oxygen atoms in total. The van der Waals surface area contributed by atoms with Gasteiger partial charge in [-0.25, -0.2) is 9.79 Å². The molecule has 4 rings (SSSR count). The molecule has 2 aromatic carbocycles. The Morgan fingerprint density at radius 3 is 2.67 bits per heavy atom. The van der Waals surface area contributed by atoms with Crippen molar-refractivity contribution in [1.82, 2.24) is 4.90 Å². The average molecular weight is 402 g/mol. The maximum absolute atomic E-state index is 11.5. The van der Waals surface area contributed by atoms with Crippen molar-refractivity contribution in [1.29, 1.82) is 0 Å². The van der Waals surface area contributed by atoms with Crippen molar-refractivity contribution in [2.45, 2.75) is 45.7 Å². The second-order valence-electron chi connectivity index (χ2n) is 7.99. The van der Waals surface area contributed by atoms with Gasteiger partial charge < -0.3 is 10.0 Å². The maximum atomic E-state index is 11.5. The van der Waals surface area contributed by atoms with Gasteiger partial charge in [0.15, 0.2) is 0 Å². The third kappa shape index (κ3) is 4.06. The molecule has 2 heterocycles. The second-order valence-corrected chi connectivity index (χ2v) is 7.99. The van der Waals surface area contributed by atoms with Crippen molar-refractivity contribution >= 4 is 17.6 Å². The van der Waals surface area contributed by atoms with E-state index < -0.39 is 5.97 Å². The quantitative estimate of drug-likeness (QED) is 0.706. The minimum atomic E-state index is -0.910. The van der Waals surface area contributed by atoms with Gasteiger partial charge in [-0.05, 0) is 41.5 Å². The first kappa shape index (κ1) is 20.1. The number of allylic oxidation sites excluding steroid dienone is 1. The van der Waals surface area contributed by atoms with Crippen LogP contribution in [0, 0.1) is 5.92 Å². The maximum Gasteiger partial charge on any atom is 0.336 e. The first-order chi connectivity index (χ1) is 14.6. The number of hydrogen-bond acceptors (Lipinski definition) is 4. The summed E-state index contributed by atoms with van der Waals surface area (Å²) in [5, 5.41) is 9.46. The number of rotatable bonds is 6. The van der Waals surface area contributed by atoms with E-state index in [1.807, 2.05) is 30.5 Å². The van der Waals surface area contributed by atoms with E-state index in [0.29, 0.717) is 11.5 Å². The van der Waals surface area contributed by atoms with Crippen molar-refractivity contribution < 1.29 is 9.90 Å². The van der Waals surface area contributed by atoms with E-state index in [1.54, 1.807) is 12.1 Å². The SMILES string of the molecule is CCCC1=NC2CC(C)C=CN=C2N1Cc1ccc(-c2ccccc2C(=O)O)cc1. The Bertz CT molecular complexity index is 1020. The van der Waals surface area contributed by atoms with Crippen LogP contribution in [-0.4, -0.2) is 33.7 Å². The summed E-state index contributed by atoms with van der Waals surface area (Å²) in [6.45, 7) is 5.10. The van der Waals surface area contributed by atoms with Crippen molar-refractivity contribution in [3.05, 3.63) is 71.9 Å². The molecule has 2 unspecified atom stereocenters. The van der Waals surface area contributed by atoms with Crippen LogP contribution in [0.4, 0.5) is 0 Å². The number of hydrogen-bond donors (Lipinski definition) is 1. The number of aromatic carboxylic acids is 1. The number of aliphatic imine (C=N–C) groups is 2. The van der Waals surface area contributed by atoms with E-state index >= 15 is 0 Å².